The van der Waals surface area contributed by atoms with Gasteiger partial charge in [-0.05, 0) is 79.1 Å². The van der Waals surface area contributed by atoms with Crippen LogP contribution in [0, 0.1) is 27.7 Å². The van der Waals surface area contributed by atoms with Crippen molar-refractivity contribution in [1.82, 2.24) is 0 Å². The SMILES string of the molecule is CC.Cc1ccc2c(c1C)C(C)(S)c1c-2ccc(C)c1C. The van der Waals surface area contributed by atoms with Crippen molar-refractivity contribution in [3.63, 3.8) is 0 Å². The van der Waals surface area contributed by atoms with Crippen molar-refractivity contribution in [2.75, 3.05) is 0 Å². The maximum Gasteiger partial charge on any atom is 0.0616 e. The maximum atomic E-state index is 5.04. The number of benzene rings is 2. The third-order valence-electron chi connectivity index (χ3n) is 4.74. The summed E-state index contributed by atoms with van der Waals surface area (Å²) in [4.78, 5) is 0. The number of hydrogen-bond acceptors (Lipinski definition) is 1. The van der Waals surface area contributed by atoms with E-state index in [2.05, 4.69) is 58.9 Å². The van der Waals surface area contributed by atoms with Gasteiger partial charge in [0.15, 0.2) is 0 Å². The second kappa shape index (κ2) is 5.53. The van der Waals surface area contributed by atoms with Crippen LogP contribution in [0.2, 0.25) is 0 Å². The third-order valence-corrected chi connectivity index (χ3v) is 5.18. The van der Waals surface area contributed by atoms with Gasteiger partial charge in [0.1, 0.15) is 0 Å². The Morgan fingerprint density at radius 1 is 0.714 bits per heavy atom. The van der Waals surface area contributed by atoms with Crippen LogP contribution in [0.4, 0.5) is 0 Å². The fourth-order valence-electron chi connectivity index (χ4n) is 3.46. The lowest BCUT2D eigenvalue weighted by Gasteiger charge is -2.25. The van der Waals surface area contributed by atoms with Gasteiger partial charge in [0.25, 0.3) is 0 Å². The maximum absolute atomic E-state index is 5.04. The highest BCUT2D eigenvalue weighted by Crippen LogP contribution is 2.54. The minimum Gasteiger partial charge on any atom is -0.163 e. The van der Waals surface area contributed by atoms with Gasteiger partial charge in [-0.25, -0.2) is 0 Å². The molecule has 0 fully saturated rings. The molecule has 21 heavy (non-hydrogen) atoms. The highest BCUT2D eigenvalue weighted by atomic mass is 32.1. The second-order valence-corrected chi connectivity index (χ2v) is 6.83. The van der Waals surface area contributed by atoms with Gasteiger partial charge in [-0.1, -0.05) is 38.1 Å². The van der Waals surface area contributed by atoms with Crippen LogP contribution in [0.1, 0.15) is 54.2 Å². The molecule has 0 aliphatic heterocycles. The molecule has 0 spiro atoms. The average molecular weight is 298 g/mol. The van der Waals surface area contributed by atoms with Crippen molar-refractivity contribution in [2.45, 2.75) is 53.2 Å². The Morgan fingerprint density at radius 2 is 1.05 bits per heavy atom. The molecule has 1 aliphatic carbocycles. The first-order valence-corrected chi connectivity index (χ1v) is 8.24. The minimum absolute atomic E-state index is 0.184. The molecule has 0 bridgehead atoms. The Morgan fingerprint density at radius 3 is 1.38 bits per heavy atom. The van der Waals surface area contributed by atoms with E-state index in [-0.39, 0.29) is 4.75 Å². The zero-order valence-corrected chi connectivity index (χ0v) is 15.2. The molecule has 0 nitrogen and oxygen atoms in total. The number of thiol groups is 1. The van der Waals surface area contributed by atoms with Gasteiger partial charge in [0.2, 0.25) is 0 Å². The van der Waals surface area contributed by atoms with Crippen molar-refractivity contribution in [1.29, 1.82) is 0 Å². The van der Waals surface area contributed by atoms with Gasteiger partial charge in [0, 0.05) is 0 Å². The lowest BCUT2D eigenvalue weighted by Crippen LogP contribution is -2.15. The van der Waals surface area contributed by atoms with Crippen LogP contribution in [-0.4, -0.2) is 0 Å². The molecule has 0 aromatic heterocycles. The number of hydrogen-bond donors (Lipinski definition) is 1. The van der Waals surface area contributed by atoms with Gasteiger partial charge in [-0.15, -0.1) is 0 Å². The summed E-state index contributed by atoms with van der Waals surface area (Å²) in [5.74, 6) is 0. The molecule has 112 valence electrons. The largest absolute Gasteiger partial charge is 0.163 e. The Kier molecular flexibility index (Phi) is 4.26. The smallest absolute Gasteiger partial charge is 0.0616 e. The lowest BCUT2D eigenvalue weighted by atomic mass is 9.89. The zero-order chi connectivity index (χ0) is 15.9. The predicted octanol–water partition coefficient (Wildman–Crippen LogP) is 6.12. The zero-order valence-electron chi connectivity index (χ0n) is 14.3. The molecule has 2 aromatic carbocycles. The van der Waals surface area contributed by atoms with E-state index in [1.165, 1.54) is 44.5 Å². The van der Waals surface area contributed by atoms with E-state index in [1.54, 1.807) is 0 Å². The molecule has 0 radical (unpaired) electrons. The summed E-state index contributed by atoms with van der Waals surface area (Å²) in [6.07, 6.45) is 0. The van der Waals surface area contributed by atoms with Crippen molar-refractivity contribution < 1.29 is 0 Å². The normalized spacial score (nSPS) is 14.1. The van der Waals surface area contributed by atoms with Crippen molar-refractivity contribution in [2.24, 2.45) is 0 Å². The first-order chi connectivity index (χ1) is 9.85. The van der Waals surface area contributed by atoms with E-state index in [0.29, 0.717) is 0 Å². The minimum atomic E-state index is -0.184. The summed E-state index contributed by atoms with van der Waals surface area (Å²) in [6, 6.07) is 8.96. The summed E-state index contributed by atoms with van der Waals surface area (Å²) in [6.45, 7) is 15.0. The first-order valence-electron chi connectivity index (χ1n) is 7.79. The number of aryl methyl sites for hydroxylation is 2. The van der Waals surface area contributed by atoms with E-state index >= 15 is 0 Å². The van der Waals surface area contributed by atoms with Gasteiger partial charge < -0.3 is 0 Å². The highest BCUT2D eigenvalue weighted by Gasteiger charge is 2.39. The summed E-state index contributed by atoms with van der Waals surface area (Å²) >= 11 is 5.04. The number of fused-ring (bicyclic) bond motifs is 3. The van der Waals surface area contributed by atoms with Crippen LogP contribution >= 0.6 is 12.6 Å². The molecule has 0 amide bonds. The quantitative estimate of drug-likeness (QED) is 0.556. The Labute approximate surface area is 135 Å². The third kappa shape index (κ3) is 2.23. The highest BCUT2D eigenvalue weighted by molar-refractivity contribution is 7.81. The van der Waals surface area contributed by atoms with E-state index in [9.17, 15) is 0 Å². The number of rotatable bonds is 0. The Hall–Kier alpha value is -1.21. The first kappa shape index (κ1) is 16.2. The van der Waals surface area contributed by atoms with Gasteiger partial charge in [-0.2, -0.15) is 12.6 Å². The molecule has 3 rings (SSSR count). The molecule has 2 aromatic rings. The summed E-state index contributed by atoms with van der Waals surface area (Å²) < 4.78 is -0.184. The van der Waals surface area contributed by atoms with E-state index in [0.717, 1.165) is 0 Å². The van der Waals surface area contributed by atoms with Crippen molar-refractivity contribution in [3.05, 3.63) is 57.6 Å². The van der Waals surface area contributed by atoms with E-state index in [4.69, 9.17) is 12.6 Å². The molecular weight excluding hydrogens is 272 g/mol. The molecule has 0 unspecified atom stereocenters. The second-order valence-electron chi connectivity index (χ2n) is 5.93. The summed E-state index contributed by atoms with van der Waals surface area (Å²) in [7, 11) is 0. The molecule has 0 heterocycles. The van der Waals surface area contributed by atoms with Gasteiger partial charge in [0.05, 0.1) is 4.75 Å². The molecule has 0 N–H and O–H groups in total. The fraction of sp³-hybridized carbons (Fsp3) is 0.400. The van der Waals surface area contributed by atoms with Crippen LogP contribution in [0.3, 0.4) is 0 Å². The molecule has 0 saturated carbocycles. The molecule has 0 atom stereocenters. The topological polar surface area (TPSA) is 0 Å². The van der Waals surface area contributed by atoms with E-state index < -0.39 is 0 Å². The predicted molar refractivity (Wildman–Crippen MR) is 97.6 cm³/mol. The summed E-state index contributed by atoms with van der Waals surface area (Å²) in [5, 5.41) is 0. The van der Waals surface area contributed by atoms with Crippen LogP contribution in [0.5, 0.6) is 0 Å². The molecule has 1 aliphatic rings. The van der Waals surface area contributed by atoms with Crippen LogP contribution in [0.15, 0.2) is 24.3 Å². The van der Waals surface area contributed by atoms with Crippen LogP contribution in [0.25, 0.3) is 11.1 Å². The van der Waals surface area contributed by atoms with Crippen molar-refractivity contribution in [3.8, 4) is 11.1 Å². The van der Waals surface area contributed by atoms with Crippen molar-refractivity contribution >= 4 is 12.6 Å². The lowest BCUT2D eigenvalue weighted by molar-refractivity contribution is 0.854. The fourth-order valence-corrected chi connectivity index (χ4v) is 4.04. The van der Waals surface area contributed by atoms with E-state index in [1.807, 2.05) is 13.8 Å². The van der Waals surface area contributed by atoms with Gasteiger partial charge in [-0.3, -0.25) is 0 Å². The molecule has 1 heteroatoms. The standard InChI is InChI=1S/C18H20S.C2H6/c1-10-6-8-14-15-9-7-11(2)13(4)17(15)18(5,19)16(14)12(10)3;1-2/h6-9,19H,1-5H3;1-2H3. The monoisotopic (exact) mass is 298 g/mol. The average Bonchev–Trinajstić information content (AvgIpc) is 2.69. The molecule has 0 saturated heterocycles. The summed E-state index contributed by atoms with van der Waals surface area (Å²) in [5.41, 5.74) is 10.9. The molecular formula is C20H26S. The van der Waals surface area contributed by atoms with Crippen LogP contribution in [-0.2, 0) is 4.75 Å². The van der Waals surface area contributed by atoms with Gasteiger partial charge >= 0.3 is 0 Å². The van der Waals surface area contributed by atoms with Crippen LogP contribution < -0.4 is 0 Å². The Balaban J connectivity index is 0.000000774. The Bertz CT molecular complexity index is 634.